The number of fused-ring (bicyclic) bond motifs is 1. The van der Waals surface area contributed by atoms with Gasteiger partial charge in [-0.25, -0.2) is 4.98 Å². The van der Waals surface area contributed by atoms with Gasteiger partial charge in [-0.2, -0.15) is 0 Å². The average Bonchev–Trinajstić information content (AvgIpc) is 2.96. The van der Waals surface area contributed by atoms with E-state index in [1.807, 2.05) is 24.3 Å². The van der Waals surface area contributed by atoms with Crippen LogP contribution in [0.25, 0.3) is 11.1 Å². The smallest absolute Gasteiger partial charge is 0.220 e. The van der Waals surface area contributed by atoms with Crippen LogP contribution in [0.2, 0.25) is 0 Å². The molecule has 0 aliphatic rings. The van der Waals surface area contributed by atoms with Gasteiger partial charge in [0.1, 0.15) is 5.52 Å². The normalized spacial score (nSPS) is 12.5. The SMILES string of the molecule is CCCC[C@H](CC)CNC(=O)CCc1nc2ccccc2o1. The van der Waals surface area contributed by atoms with Crippen LogP contribution in [0.15, 0.2) is 28.7 Å². The zero-order valence-corrected chi connectivity index (χ0v) is 13.6. The maximum atomic E-state index is 11.9. The zero-order chi connectivity index (χ0) is 15.8. The second-order valence-corrected chi connectivity index (χ2v) is 5.80. The van der Waals surface area contributed by atoms with Crippen molar-refractivity contribution in [1.29, 1.82) is 0 Å². The van der Waals surface area contributed by atoms with Crippen molar-refractivity contribution in [3.05, 3.63) is 30.2 Å². The highest BCUT2D eigenvalue weighted by Gasteiger charge is 2.10. The quantitative estimate of drug-likeness (QED) is 0.759. The first-order valence-electron chi connectivity index (χ1n) is 8.34. The fraction of sp³-hybridized carbons (Fsp3) is 0.556. The Morgan fingerprint density at radius 2 is 2.14 bits per heavy atom. The van der Waals surface area contributed by atoms with E-state index in [4.69, 9.17) is 4.42 Å². The number of nitrogens with one attached hydrogen (secondary N) is 1. The number of hydrogen-bond acceptors (Lipinski definition) is 3. The number of unbranched alkanes of at least 4 members (excludes halogenated alkanes) is 1. The van der Waals surface area contributed by atoms with Crippen LogP contribution in [0.3, 0.4) is 0 Å². The first kappa shape index (κ1) is 16.5. The number of carbonyl (C=O) groups is 1. The Kier molecular flexibility index (Phi) is 6.44. The molecule has 1 N–H and O–H groups in total. The molecule has 0 saturated carbocycles. The van der Waals surface area contributed by atoms with E-state index in [1.165, 1.54) is 19.3 Å². The summed E-state index contributed by atoms with van der Waals surface area (Å²) in [6.07, 6.45) is 5.73. The lowest BCUT2D eigenvalue weighted by molar-refractivity contribution is -0.121. The summed E-state index contributed by atoms with van der Waals surface area (Å²) < 4.78 is 5.63. The Bertz CT molecular complexity index is 559. The number of aryl methyl sites for hydroxylation is 1. The van der Waals surface area contributed by atoms with E-state index in [0.29, 0.717) is 24.7 Å². The number of oxazole rings is 1. The molecule has 4 heteroatoms. The maximum Gasteiger partial charge on any atom is 0.220 e. The van der Waals surface area contributed by atoms with Gasteiger partial charge in [0.15, 0.2) is 11.5 Å². The highest BCUT2D eigenvalue weighted by atomic mass is 16.3. The fourth-order valence-corrected chi connectivity index (χ4v) is 2.54. The molecule has 1 aromatic heterocycles. The molecule has 1 amide bonds. The monoisotopic (exact) mass is 302 g/mol. The number of amides is 1. The fourth-order valence-electron chi connectivity index (χ4n) is 2.54. The molecule has 0 unspecified atom stereocenters. The lowest BCUT2D eigenvalue weighted by Crippen LogP contribution is -2.29. The minimum Gasteiger partial charge on any atom is -0.441 e. The molecule has 0 spiro atoms. The Labute approximate surface area is 132 Å². The lowest BCUT2D eigenvalue weighted by atomic mass is 9.99. The zero-order valence-electron chi connectivity index (χ0n) is 13.6. The van der Waals surface area contributed by atoms with Crippen molar-refractivity contribution >= 4 is 17.0 Å². The molecule has 0 bridgehead atoms. The van der Waals surface area contributed by atoms with Gasteiger partial charge < -0.3 is 9.73 Å². The van der Waals surface area contributed by atoms with Crippen LogP contribution in [0.1, 0.15) is 51.8 Å². The predicted octanol–water partition coefficient (Wildman–Crippen LogP) is 4.09. The van der Waals surface area contributed by atoms with E-state index >= 15 is 0 Å². The van der Waals surface area contributed by atoms with Gasteiger partial charge in [-0.05, 0) is 24.5 Å². The van der Waals surface area contributed by atoms with Crippen LogP contribution in [0, 0.1) is 5.92 Å². The number of benzene rings is 1. The number of rotatable bonds is 9. The summed E-state index contributed by atoms with van der Waals surface area (Å²) in [7, 11) is 0. The summed E-state index contributed by atoms with van der Waals surface area (Å²) in [6, 6.07) is 7.67. The van der Waals surface area contributed by atoms with Crippen molar-refractivity contribution in [2.45, 2.75) is 52.4 Å². The molecule has 0 saturated heterocycles. The van der Waals surface area contributed by atoms with Crippen molar-refractivity contribution in [2.75, 3.05) is 6.54 Å². The molecule has 1 aromatic carbocycles. The molecule has 22 heavy (non-hydrogen) atoms. The van der Waals surface area contributed by atoms with Gasteiger partial charge in [-0.1, -0.05) is 45.2 Å². The molecule has 2 aromatic rings. The number of para-hydroxylation sites is 2. The standard InChI is InChI=1S/C18H26N2O2/c1-3-5-8-14(4-2)13-19-17(21)11-12-18-20-15-9-6-7-10-16(15)22-18/h6-7,9-10,14H,3-5,8,11-13H2,1-2H3,(H,19,21)/t14-/m0/s1. The molecule has 1 atom stereocenters. The van der Waals surface area contributed by atoms with Crippen LogP contribution in [0.4, 0.5) is 0 Å². The van der Waals surface area contributed by atoms with Crippen LogP contribution < -0.4 is 5.32 Å². The first-order chi connectivity index (χ1) is 10.7. The van der Waals surface area contributed by atoms with Crippen molar-refractivity contribution < 1.29 is 9.21 Å². The molecule has 0 fully saturated rings. The van der Waals surface area contributed by atoms with Crippen LogP contribution in [-0.2, 0) is 11.2 Å². The van der Waals surface area contributed by atoms with Crippen LogP contribution in [0.5, 0.6) is 0 Å². The molecule has 1 heterocycles. The third kappa shape index (κ3) is 4.86. The van der Waals surface area contributed by atoms with Crippen molar-refractivity contribution in [2.24, 2.45) is 5.92 Å². The largest absolute Gasteiger partial charge is 0.441 e. The van der Waals surface area contributed by atoms with Gasteiger partial charge in [0.2, 0.25) is 5.91 Å². The first-order valence-corrected chi connectivity index (χ1v) is 8.34. The van der Waals surface area contributed by atoms with Crippen molar-refractivity contribution in [3.8, 4) is 0 Å². The van der Waals surface area contributed by atoms with E-state index < -0.39 is 0 Å². The van der Waals surface area contributed by atoms with Gasteiger partial charge >= 0.3 is 0 Å². The highest BCUT2D eigenvalue weighted by molar-refractivity contribution is 5.76. The summed E-state index contributed by atoms with van der Waals surface area (Å²) in [5, 5.41) is 3.04. The van der Waals surface area contributed by atoms with Gasteiger partial charge in [0, 0.05) is 19.4 Å². The Morgan fingerprint density at radius 1 is 1.32 bits per heavy atom. The molecular formula is C18H26N2O2. The van der Waals surface area contributed by atoms with Crippen molar-refractivity contribution in [3.63, 3.8) is 0 Å². The Hall–Kier alpha value is -1.84. The second-order valence-electron chi connectivity index (χ2n) is 5.80. The maximum absolute atomic E-state index is 11.9. The lowest BCUT2D eigenvalue weighted by Gasteiger charge is -2.15. The van der Waals surface area contributed by atoms with Gasteiger partial charge in [-0.15, -0.1) is 0 Å². The topological polar surface area (TPSA) is 55.1 Å². The summed E-state index contributed by atoms with van der Waals surface area (Å²) in [5.74, 6) is 1.31. The van der Waals surface area contributed by atoms with E-state index in [0.717, 1.165) is 24.1 Å². The number of aromatic nitrogens is 1. The number of carbonyl (C=O) groups excluding carboxylic acids is 1. The van der Waals surface area contributed by atoms with Crippen molar-refractivity contribution in [1.82, 2.24) is 10.3 Å². The summed E-state index contributed by atoms with van der Waals surface area (Å²) in [4.78, 5) is 16.3. The molecule has 2 rings (SSSR count). The molecule has 0 radical (unpaired) electrons. The molecule has 4 nitrogen and oxygen atoms in total. The summed E-state index contributed by atoms with van der Waals surface area (Å²) in [5.41, 5.74) is 1.63. The van der Waals surface area contributed by atoms with Gasteiger partial charge in [-0.3, -0.25) is 4.79 Å². The van der Waals surface area contributed by atoms with Crippen LogP contribution >= 0.6 is 0 Å². The minimum atomic E-state index is 0.0807. The Morgan fingerprint density at radius 3 is 2.86 bits per heavy atom. The van der Waals surface area contributed by atoms with E-state index in [1.54, 1.807) is 0 Å². The molecule has 120 valence electrons. The van der Waals surface area contributed by atoms with E-state index in [-0.39, 0.29) is 5.91 Å². The predicted molar refractivity (Wildman–Crippen MR) is 88.6 cm³/mol. The van der Waals surface area contributed by atoms with E-state index in [2.05, 4.69) is 24.1 Å². The highest BCUT2D eigenvalue weighted by Crippen LogP contribution is 2.16. The number of nitrogens with zero attached hydrogens (tertiary/aromatic N) is 1. The summed E-state index contributed by atoms with van der Waals surface area (Å²) in [6.45, 7) is 5.17. The second kappa shape index (κ2) is 8.57. The van der Waals surface area contributed by atoms with Gasteiger partial charge in [0.05, 0.1) is 0 Å². The summed E-state index contributed by atoms with van der Waals surface area (Å²) >= 11 is 0. The number of hydrogen-bond donors (Lipinski definition) is 1. The minimum absolute atomic E-state index is 0.0807. The van der Waals surface area contributed by atoms with Crippen LogP contribution in [-0.4, -0.2) is 17.4 Å². The average molecular weight is 302 g/mol. The van der Waals surface area contributed by atoms with E-state index in [9.17, 15) is 4.79 Å². The van der Waals surface area contributed by atoms with Gasteiger partial charge in [0.25, 0.3) is 0 Å². The third-order valence-electron chi connectivity index (χ3n) is 4.04. The molecule has 0 aliphatic heterocycles. The molecule has 0 aliphatic carbocycles. The molecular weight excluding hydrogens is 276 g/mol. The third-order valence-corrected chi connectivity index (χ3v) is 4.04. The Balaban J connectivity index is 1.75.